The van der Waals surface area contributed by atoms with E-state index in [-0.39, 0.29) is 5.69 Å². The first-order valence-corrected chi connectivity index (χ1v) is 14.0. The maximum absolute atomic E-state index is 11.7. The molecule has 4 aliphatic rings. The number of rotatable bonds is 1. The lowest BCUT2D eigenvalue weighted by Crippen LogP contribution is -2.15. The monoisotopic (exact) mass is 573 g/mol. The van der Waals surface area contributed by atoms with Gasteiger partial charge in [0.15, 0.2) is 35.3 Å². The highest BCUT2D eigenvalue weighted by molar-refractivity contribution is 6.26. The third-order valence-corrected chi connectivity index (χ3v) is 8.07. The zero-order valence-electron chi connectivity index (χ0n) is 23.1. The van der Waals surface area contributed by atoms with Gasteiger partial charge in [0.2, 0.25) is 0 Å². The van der Waals surface area contributed by atoms with Crippen LogP contribution in [0.1, 0.15) is 45.1 Å². The van der Waals surface area contributed by atoms with Crippen molar-refractivity contribution in [1.82, 2.24) is 4.98 Å². The number of nitrogens with zero attached hydrogens (tertiary/aromatic N) is 8. The van der Waals surface area contributed by atoms with Gasteiger partial charge in [-0.15, -0.1) is 0 Å². The molecule has 1 N–H and O–H groups in total. The lowest BCUT2D eigenvalue weighted by molar-refractivity contribution is -0.384. The van der Waals surface area contributed by atoms with Crippen LogP contribution in [0.3, 0.4) is 0 Å². The molecule has 0 radical (unpaired) electrons. The summed E-state index contributed by atoms with van der Waals surface area (Å²) in [6.45, 7) is 2.01. The Balaban J connectivity index is 1.40. The van der Waals surface area contributed by atoms with E-state index in [9.17, 15) is 10.1 Å². The van der Waals surface area contributed by atoms with Gasteiger partial charge in [-0.25, -0.2) is 34.9 Å². The normalized spacial score (nSPS) is 17.3. The summed E-state index contributed by atoms with van der Waals surface area (Å²) in [7, 11) is 0. The quantitative estimate of drug-likeness (QED) is 0.232. The van der Waals surface area contributed by atoms with Gasteiger partial charge in [-0.05, 0) is 19.1 Å². The zero-order chi connectivity index (χ0) is 29.5. The number of nitrogens with one attached hydrogen (secondary N) is 1. The maximum Gasteiger partial charge on any atom is 0.270 e. The number of non-ortho nitro benzene ring substituents is 1. The fraction of sp³-hybridized carbons (Fsp3) is 0.0606. The molecule has 0 saturated carbocycles. The Morgan fingerprint density at radius 2 is 1.20 bits per heavy atom. The summed E-state index contributed by atoms with van der Waals surface area (Å²) < 4.78 is 0. The number of aliphatic imine (C=N–C) groups is 5. The molecular weight excluding hydrogens is 554 g/mol. The number of amidine groups is 5. The van der Waals surface area contributed by atoms with Crippen LogP contribution in [0.15, 0.2) is 120 Å². The fourth-order valence-electron chi connectivity index (χ4n) is 5.97. The highest BCUT2D eigenvalue weighted by Crippen LogP contribution is 2.34. The van der Waals surface area contributed by atoms with Gasteiger partial charge < -0.3 is 4.98 Å². The molecule has 4 aromatic carbocycles. The topological polar surface area (TPSA) is 145 Å². The van der Waals surface area contributed by atoms with Gasteiger partial charge in [-0.2, -0.15) is 0 Å². The maximum atomic E-state index is 11.7. The largest absolute Gasteiger partial charge is 0.324 e. The Hall–Kier alpha value is -6.23. The highest BCUT2D eigenvalue weighted by Gasteiger charge is 2.30. The van der Waals surface area contributed by atoms with Crippen LogP contribution in [0.25, 0.3) is 10.8 Å². The summed E-state index contributed by atoms with van der Waals surface area (Å²) in [6.07, 6.45) is -0.547. The molecular formula is C33H19N9O2. The smallest absolute Gasteiger partial charge is 0.270 e. The minimum absolute atomic E-state index is 0.0531. The van der Waals surface area contributed by atoms with E-state index >= 15 is 0 Å². The standard InChI is InChI=1S/C33H19N9O2/c1-16-10-12-22-24(14-16)32-39-30(22)37-28-19-7-3-2-6-18(19)26(35-28)34-27-20-8-4-5-9-21(20)29(36-27)38-33-25-15-17(42(43)44)11-13-23(25)31(40-32)41-33/h2-15,28H,1H3,(H,34,35,36,37,38,39,40,41). The average Bonchev–Trinajstić information content (AvgIpc) is 3.76. The van der Waals surface area contributed by atoms with Crippen molar-refractivity contribution in [2.45, 2.75) is 13.1 Å². The Labute approximate surface area is 248 Å². The molecule has 9 rings (SSSR count). The molecule has 0 aliphatic carbocycles. The van der Waals surface area contributed by atoms with Gasteiger partial charge >= 0.3 is 0 Å². The summed E-state index contributed by atoms with van der Waals surface area (Å²) in [6, 6.07) is 26.3. The second kappa shape index (κ2) is 8.88. The molecule has 0 spiro atoms. The van der Waals surface area contributed by atoms with E-state index in [1.165, 1.54) is 12.1 Å². The molecule has 11 heteroatoms. The van der Waals surface area contributed by atoms with Crippen molar-refractivity contribution in [3.63, 3.8) is 0 Å². The molecule has 1 unspecified atom stereocenters. The fourth-order valence-corrected chi connectivity index (χ4v) is 5.97. The summed E-state index contributed by atoms with van der Waals surface area (Å²) in [5, 5.41) is 12.9. The van der Waals surface area contributed by atoms with Crippen molar-refractivity contribution in [2.75, 3.05) is 0 Å². The lowest BCUT2D eigenvalue weighted by atomic mass is 10.0. The van der Waals surface area contributed by atoms with Crippen molar-refractivity contribution in [3.8, 4) is 0 Å². The summed E-state index contributed by atoms with van der Waals surface area (Å²) in [5.41, 5.74) is 6.96. The van der Waals surface area contributed by atoms with Crippen molar-refractivity contribution >= 4 is 45.6 Å². The van der Waals surface area contributed by atoms with Gasteiger partial charge in [0.05, 0.1) is 4.92 Å². The molecule has 8 bridgehead atoms. The van der Waals surface area contributed by atoms with Crippen molar-refractivity contribution in [2.24, 2.45) is 34.9 Å². The van der Waals surface area contributed by atoms with E-state index < -0.39 is 11.1 Å². The Bertz CT molecular complexity index is 2450. The molecule has 5 heterocycles. The SMILES string of the molecule is Cc1ccc2c(c1)C1=NC2=NC2N=C(N=C3N=C(N=c4[nH]c(c5ccc([N+](=O)[O-])cc45)=N1)c1ccccc13)c1ccccc12. The van der Waals surface area contributed by atoms with Gasteiger partial charge in [0.1, 0.15) is 11.0 Å². The molecule has 1 atom stereocenters. The van der Waals surface area contributed by atoms with Crippen LogP contribution in [0.2, 0.25) is 0 Å². The summed E-state index contributed by atoms with van der Waals surface area (Å²) in [5.74, 6) is 2.42. The van der Waals surface area contributed by atoms with Crippen LogP contribution in [-0.2, 0) is 0 Å². The molecule has 1 aromatic heterocycles. The zero-order valence-corrected chi connectivity index (χ0v) is 23.1. The number of aromatic nitrogens is 1. The number of nitro groups is 1. The number of nitro benzene ring substituents is 1. The number of hydrogen-bond donors (Lipinski definition) is 1. The number of fused-ring (bicyclic) bond motifs is 17. The second-order valence-corrected chi connectivity index (χ2v) is 10.8. The first-order chi connectivity index (χ1) is 21.5. The van der Waals surface area contributed by atoms with Gasteiger partial charge in [0.25, 0.3) is 5.69 Å². The van der Waals surface area contributed by atoms with Gasteiger partial charge in [-0.1, -0.05) is 66.2 Å². The van der Waals surface area contributed by atoms with Crippen LogP contribution >= 0.6 is 0 Å². The number of hydrogen-bond acceptors (Lipinski definition) is 9. The summed E-state index contributed by atoms with van der Waals surface area (Å²) in [4.78, 5) is 49.1. The predicted molar refractivity (Wildman–Crippen MR) is 167 cm³/mol. The van der Waals surface area contributed by atoms with Crippen LogP contribution in [-0.4, -0.2) is 39.1 Å². The number of aryl methyl sites for hydroxylation is 1. The molecule has 4 aliphatic heterocycles. The average molecular weight is 574 g/mol. The number of H-pyrrole nitrogens is 1. The first kappa shape index (κ1) is 24.4. The molecule has 44 heavy (non-hydrogen) atoms. The predicted octanol–water partition coefficient (Wildman–Crippen LogP) is 4.51. The second-order valence-electron chi connectivity index (χ2n) is 10.8. The minimum atomic E-state index is -0.547. The van der Waals surface area contributed by atoms with E-state index in [0.717, 1.165) is 38.9 Å². The van der Waals surface area contributed by atoms with Crippen LogP contribution in [0.5, 0.6) is 0 Å². The van der Waals surface area contributed by atoms with E-state index in [1.807, 2.05) is 73.7 Å². The third-order valence-electron chi connectivity index (χ3n) is 8.07. The molecule has 11 nitrogen and oxygen atoms in total. The van der Waals surface area contributed by atoms with E-state index in [1.54, 1.807) is 6.07 Å². The summed E-state index contributed by atoms with van der Waals surface area (Å²) >= 11 is 0. The number of aromatic amines is 1. The third kappa shape index (κ3) is 3.59. The Morgan fingerprint density at radius 3 is 1.95 bits per heavy atom. The van der Waals surface area contributed by atoms with Crippen LogP contribution in [0, 0.1) is 17.0 Å². The van der Waals surface area contributed by atoms with Crippen molar-refractivity contribution in [3.05, 3.63) is 145 Å². The molecule has 0 saturated heterocycles. The lowest BCUT2D eigenvalue weighted by Gasteiger charge is -2.05. The van der Waals surface area contributed by atoms with E-state index in [0.29, 0.717) is 50.9 Å². The van der Waals surface area contributed by atoms with Gasteiger partial charge in [0, 0.05) is 56.3 Å². The number of benzene rings is 4. The molecule has 5 aromatic rings. The first-order valence-electron chi connectivity index (χ1n) is 14.0. The molecule has 0 amide bonds. The molecule has 0 fully saturated rings. The van der Waals surface area contributed by atoms with Crippen LogP contribution in [0.4, 0.5) is 5.69 Å². The highest BCUT2D eigenvalue weighted by atomic mass is 16.6. The van der Waals surface area contributed by atoms with Crippen molar-refractivity contribution in [1.29, 1.82) is 0 Å². The van der Waals surface area contributed by atoms with Crippen molar-refractivity contribution < 1.29 is 4.92 Å². The minimum Gasteiger partial charge on any atom is -0.324 e. The molecule has 208 valence electrons. The Morgan fingerprint density at radius 1 is 0.614 bits per heavy atom. The Kier molecular flexibility index (Phi) is 4.92. The van der Waals surface area contributed by atoms with Crippen LogP contribution < -0.4 is 11.0 Å². The van der Waals surface area contributed by atoms with E-state index in [4.69, 9.17) is 34.9 Å². The van der Waals surface area contributed by atoms with Gasteiger partial charge in [-0.3, -0.25) is 10.1 Å². The van der Waals surface area contributed by atoms with E-state index in [2.05, 4.69) is 4.98 Å².